The van der Waals surface area contributed by atoms with E-state index in [1.165, 1.54) is 0 Å². The number of halogens is 3. The van der Waals surface area contributed by atoms with E-state index in [0.29, 0.717) is 4.90 Å². The highest BCUT2D eigenvalue weighted by molar-refractivity contribution is 5.89. The molecule has 0 bridgehead atoms. The molecule has 1 heterocycles. The van der Waals surface area contributed by atoms with Crippen molar-refractivity contribution < 1.29 is 27.5 Å². The maximum Gasteiger partial charge on any atom is 0.471 e. The number of amides is 1. The van der Waals surface area contributed by atoms with Gasteiger partial charge in [-0.3, -0.25) is 4.79 Å². The van der Waals surface area contributed by atoms with Crippen molar-refractivity contribution in [3.05, 3.63) is 0 Å². The first-order valence-corrected chi connectivity index (χ1v) is 3.83. The maximum absolute atomic E-state index is 11.9. The van der Waals surface area contributed by atoms with Gasteiger partial charge >= 0.3 is 18.1 Å². The first kappa shape index (κ1) is 10.8. The van der Waals surface area contributed by atoms with Gasteiger partial charge in [-0.15, -0.1) is 0 Å². The van der Waals surface area contributed by atoms with E-state index in [1.807, 2.05) is 0 Å². The lowest BCUT2D eigenvalue weighted by atomic mass is 10.0. The number of hydrogen-bond donors (Lipinski definition) is 0. The molecule has 14 heavy (non-hydrogen) atoms. The van der Waals surface area contributed by atoms with Crippen LogP contribution in [0, 0.1) is 0 Å². The van der Waals surface area contributed by atoms with Gasteiger partial charge in [0.2, 0.25) is 0 Å². The summed E-state index contributed by atoms with van der Waals surface area (Å²) < 4.78 is 40.0. The number of methoxy groups -OCH3 is 1. The summed E-state index contributed by atoms with van der Waals surface area (Å²) >= 11 is 0. The lowest BCUT2D eigenvalue weighted by Crippen LogP contribution is -2.58. The Balaban J connectivity index is 2.64. The predicted molar refractivity (Wildman–Crippen MR) is 38.2 cm³/mol. The third kappa shape index (κ3) is 1.80. The van der Waals surface area contributed by atoms with Crippen molar-refractivity contribution in [3.8, 4) is 0 Å². The zero-order valence-electron chi connectivity index (χ0n) is 7.30. The lowest BCUT2D eigenvalue weighted by Gasteiger charge is -2.38. The normalized spacial score (nSPS) is 21.4. The quantitative estimate of drug-likeness (QED) is 0.587. The topological polar surface area (TPSA) is 46.6 Å². The lowest BCUT2D eigenvalue weighted by molar-refractivity contribution is -0.196. The molecule has 1 aliphatic rings. The van der Waals surface area contributed by atoms with Gasteiger partial charge in [0.15, 0.2) is 0 Å². The average Bonchev–Trinajstić information content (AvgIpc) is 2.00. The number of hydrogen-bond acceptors (Lipinski definition) is 3. The molecule has 0 saturated carbocycles. The highest BCUT2D eigenvalue weighted by atomic mass is 19.4. The summed E-state index contributed by atoms with van der Waals surface area (Å²) in [4.78, 5) is 22.0. The maximum atomic E-state index is 11.9. The van der Waals surface area contributed by atoms with Gasteiger partial charge < -0.3 is 9.64 Å². The van der Waals surface area contributed by atoms with Crippen LogP contribution in [-0.2, 0) is 14.3 Å². The van der Waals surface area contributed by atoms with Crippen molar-refractivity contribution in [2.45, 2.75) is 18.6 Å². The van der Waals surface area contributed by atoms with E-state index < -0.39 is 24.1 Å². The SMILES string of the molecule is COC(=O)C1CCN1C(=O)C(F)(F)F. The molecule has 4 nitrogen and oxygen atoms in total. The Bertz CT molecular complexity index is 263. The molecule has 1 aliphatic heterocycles. The van der Waals surface area contributed by atoms with Gasteiger partial charge in [0, 0.05) is 6.54 Å². The van der Waals surface area contributed by atoms with E-state index in [-0.39, 0.29) is 13.0 Å². The number of nitrogens with zero attached hydrogens (tertiary/aromatic N) is 1. The van der Waals surface area contributed by atoms with Crippen LogP contribution in [0.4, 0.5) is 13.2 Å². The largest absolute Gasteiger partial charge is 0.471 e. The van der Waals surface area contributed by atoms with E-state index >= 15 is 0 Å². The molecule has 1 unspecified atom stereocenters. The van der Waals surface area contributed by atoms with Crippen molar-refractivity contribution in [2.75, 3.05) is 13.7 Å². The van der Waals surface area contributed by atoms with Crippen LogP contribution in [0.15, 0.2) is 0 Å². The summed E-state index contributed by atoms with van der Waals surface area (Å²) in [7, 11) is 1.07. The minimum absolute atomic E-state index is 0.0574. The van der Waals surface area contributed by atoms with Crippen molar-refractivity contribution >= 4 is 11.9 Å². The molecule has 7 heteroatoms. The Morgan fingerprint density at radius 3 is 2.29 bits per heavy atom. The van der Waals surface area contributed by atoms with Crippen molar-refractivity contribution in [1.82, 2.24) is 4.90 Å². The van der Waals surface area contributed by atoms with Crippen LogP contribution < -0.4 is 0 Å². The smallest absolute Gasteiger partial charge is 0.467 e. The molecular formula is C7H8F3NO3. The number of likely N-dealkylation sites (tertiary alicyclic amines) is 1. The summed E-state index contributed by atoms with van der Waals surface area (Å²) in [6, 6.07) is -1.07. The van der Waals surface area contributed by atoms with Gasteiger partial charge in [-0.25, -0.2) is 4.79 Å². The highest BCUT2D eigenvalue weighted by Gasteiger charge is 2.50. The number of ether oxygens (including phenoxy) is 1. The Kier molecular flexibility index (Phi) is 2.68. The van der Waals surface area contributed by atoms with Crippen LogP contribution in [0.3, 0.4) is 0 Å². The molecule has 1 atom stereocenters. The molecular weight excluding hydrogens is 203 g/mol. The molecule has 0 aromatic heterocycles. The van der Waals surface area contributed by atoms with Crippen molar-refractivity contribution in [2.24, 2.45) is 0 Å². The zero-order valence-corrected chi connectivity index (χ0v) is 7.30. The molecule has 1 amide bonds. The zero-order chi connectivity index (χ0) is 10.9. The number of carbonyl (C=O) groups excluding carboxylic acids is 2. The predicted octanol–water partition coefficient (Wildman–Crippen LogP) is 0.323. The van der Waals surface area contributed by atoms with Gasteiger partial charge in [0.05, 0.1) is 7.11 Å². The first-order chi connectivity index (χ1) is 6.38. The molecule has 0 aromatic carbocycles. The van der Waals surface area contributed by atoms with Crippen LogP contribution in [-0.4, -0.2) is 42.6 Å². The monoisotopic (exact) mass is 211 g/mol. The van der Waals surface area contributed by atoms with Crippen molar-refractivity contribution in [3.63, 3.8) is 0 Å². The fraction of sp³-hybridized carbons (Fsp3) is 0.714. The molecule has 1 fully saturated rings. The van der Waals surface area contributed by atoms with Gasteiger partial charge in [0.1, 0.15) is 6.04 Å². The Labute approximate surface area is 77.6 Å². The molecule has 0 spiro atoms. The molecule has 0 aromatic rings. The molecule has 80 valence electrons. The fourth-order valence-corrected chi connectivity index (χ4v) is 1.17. The molecule has 0 radical (unpaired) electrons. The summed E-state index contributed by atoms with van der Waals surface area (Å²) in [6.45, 7) is -0.0574. The second-order valence-electron chi connectivity index (χ2n) is 2.82. The Hall–Kier alpha value is -1.27. The summed E-state index contributed by atoms with van der Waals surface area (Å²) in [5.41, 5.74) is 0. The second-order valence-corrected chi connectivity index (χ2v) is 2.82. The van der Waals surface area contributed by atoms with Crippen LogP contribution in [0.1, 0.15) is 6.42 Å². The second kappa shape index (κ2) is 3.47. The minimum atomic E-state index is -4.92. The summed E-state index contributed by atoms with van der Waals surface area (Å²) in [6.07, 6.45) is -4.71. The van der Waals surface area contributed by atoms with Gasteiger partial charge in [0.25, 0.3) is 0 Å². The highest BCUT2D eigenvalue weighted by Crippen LogP contribution is 2.26. The van der Waals surface area contributed by atoms with E-state index in [4.69, 9.17) is 0 Å². The van der Waals surface area contributed by atoms with Crippen LogP contribution >= 0.6 is 0 Å². The van der Waals surface area contributed by atoms with Gasteiger partial charge in [-0.2, -0.15) is 13.2 Å². The third-order valence-corrected chi connectivity index (χ3v) is 2.00. The number of carbonyl (C=O) groups is 2. The molecule has 1 rings (SSSR count). The Morgan fingerprint density at radius 1 is 1.43 bits per heavy atom. The number of rotatable bonds is 1. The summed E-state index contributed by atoms with van der Waals surface area (Å²) in [5.74, 6) is -2.80. The average molecular weight is 211 g/mol. The van der Waals surface area contributed by atoms with Gasteiger partial charge in [-0.05, 0) is 6.42 Å². The van der Waals surface area contributed by atoms with Gasteiger partial charge in [-0.1, -0.05) is 0 Å². The minimum Gasteiger partial charge on any atom is -0.467 e. The van der Waals surface area contributed by atoms with Crippen molar-refractivity contribution in [1.29, 1.82) is 0 Å². The third-order valence-electron chi connectivity index (χ3n) is 2.00. The van der Waals surface area contributed by atoms with E-state index in [1.54, 1.807) is 0 Å². The van der Waals surface area contributed by atoms with E-state index in [2.05, 4.69) is 4.74 Å². The fourth-order valence-electron chi connectivity index (χ4n) is 1.17. The standard InChI is InChI=1S/C7H8F3NO3/c1-14-5(12)4-2-3-11(4)6(13)7(8,9)10/h4H,2-3H2,1H3. The molecule has 1 saturated heterocycles. The van der Waals surface area contributed by atoms with Crippen LogP contribution in [0.2, 0.25) is 0 Å². The van der Waals surface area contributed by atoms with E-state index in [9.17, 15) is 22.8 Å². The number of esters is 1. The first-order valence-electron chi connectivity index (χ1n) is 3.83. The molecule has 0 aliphatic carbocycles. The van der Waals surface area contributed by atoms with E-state index in [0.717, 1.165) is 7.11 Å². The Morgan fingerprint density at radius 2 is 2.00 bits per heavy atom. The molecule has 0 N–H and O–H groups in total. The van der Waals surface area contributed by atoms with Crippen LogP contribution in [0.25, 0.3) is 0 Å². The number of alkyl halides is 3. The summed E-state index contributed by atoms with van der Waals surface area (Å²) in [5, 5.41) is 0. The van der Waals surface area contributed by atoms with Crippen LogP contribution in [0.5, 0.6) is 0 Å².